The number of nitrogens with zero attached hydrogens (tertiary/aromatic N) is 4. The molecule has 6 heteroatoms. The minimum absolute atomic E-state index is 0.0538. The minimum atomic E-state index is 0.0538. The Bertz CT molecular complexity index is 943. The van der Waals surface area contributed by atoms with Gasteiger partial charge in [-0.15, -0.1) is 0 Å². The summed E-state index contributed by atoms with van der Waals surface area (Å²) in [5.74, 6) is 1.88. The second kappa shape index (κ2) is 8.17. The van der Waals surface area contributed by atoms with Crippen molar-refractivity contribution in [2.45, 2.75) is 25.7 Å². The predicted octanol–water partition coefficient (Wildman–Crippen LogP) is 3.94. The van der Waals surface area contributed by atoms with Gasteiger partial charge in [0.25, 0.3) is 5.91 Å². The van der Waals surface area contributed by atoms with E-state index in [9.17, 15) is 4.79 Å². The van der Waals surface area contributed by atoms with E-state index < -0.39 is 0 Å². The molecule has 3 aromatic rings. The zero-order valence-electron chi connectivity index (χ0n) is 15.9. The van der Waals surface area contributed by atoms with Crippen LogP contribution in [-0.2, 0) is 0 Å². The van der Waals surface area contributed by atoms with Crippen LogP contribution in [0.25, 0.3) is 0 Å². The maximum Gasteiger partial charge on any atom is 0.255 e. The molecular formula is C22H23N5O. The number of nitrogens with one attached hydrogen (secondary N) is 1. The van der Waals surface area contributed by atoms with Crippen molar-refractivity contribution in [1.29, 1.82) is 0 Å². The zero-order valence-corrected chi connectivity index (χ0v) is 15.9. The number of rotatable bonds is 4. The maximum absolute atomic E-state index is 12.8. The number of carbonyl (C=O) groups is 1. The third-order valence-corrected chi connectivity index (χ3v) is 5.04. The van der Waals surface area contributed by atoms with E-state index in [0.29, 0.717) is 18.0 Å². The van der Waals surface area contributed by atoms with Gasteiger partial charge >= 0.3 is 0 Å². The number of hydrogen-bond donors (Lipinski definition) is 1. The van der Waals surface area contributed by atoms with Crippen molar-refractivity contribution in [3.05, 3.63) is 77.9 Å². The average Bonchev–Trinajstić information content (AvgIpc) is 2.75. The molecule has 1 fully saturated rings. The van der Waals surface area contributed by atoms with Crippen molar-refractivity contribution < 1.29 is 4.79 Å². The topological polar surface area (TPSA) is 71.0 Å². The number of hydrogen-bond acceptors (Lipinski definition) is 5. The van der Waals surface area contributed by atoms with Gasteiger partial charge in [-0.05, 0) is 61.7 Å². The summed E-state index contributed by atoms with van der Waals surface area (Å²) in [5.41, 5.74) is 2.75. The van der Waals surface area contributed by atoms with Gasteiger partial charge in [-0.25, -0.2) is 9.97 Å². The Morgan fingerprint density at radius 1 is 1.07 bits per heavy atom. The molecule has 1 N–H and O–H groups in total. The molecule has 0 aromatic carbocycles. The lowest BCUT2D eigenvalue weighted by Crippen LogP contribution is -2.39. The van der Waals surface area contributed by atoms with Gasteiger partial charge in [-0.2, -0.15) is 0 Å². The van der Waals surface area contributed by atoms with Gasteiger partial charge in [-0.3, -0.25) is 9.78 Å². The molecule has 0 bridgehead atoms. The first-order chi connectivity index (χ1) is 13.7. The highest BCUT2D eigenvalue weighted by molar-refractivity contribution is 5.94. The van der Waals surface area contributed by atoms with Crippen LogP contribution >= 0.6 is 0 Å². The molecule has 0 aliphatic carbocycles. The van der Waals surface area contributed by atoms with Crippen LogP contribution in [0, 0.1) is 6.92 Å². The van der Waals surface area contributed by atoms with Crippen molar-refractivity contribution >= 4 is 17.5 Å². The van der Waals surface area contributed by atoms with E-state index in [-0.39, 0.29) is 5.91 Å². The van der Waals surface area contributed by atoms with Crippen molar-refractivity contribution in [3.63, 3.8) is 0 Å². The van der Waals surface area contributed by atoms with Gasteiger partial charge < -0.3 is 10.2 Å². The molecule has 4 rings (SSSR count). The Balaban J connectivity index is 1.48. The molecule has 0 saturated carbocycles. The number of amides is 1. The highest BCUT2D eigenvalue weighted by Gasteiger charge is 2.26. The second-order valence-corrected chi connectivity index (χ2v) is 7.09. The van der Waals surface area contributed by atoms with E-state index in [0.717, 1.165) is 36.7 Å². The van der Waals surface area contributed by atoms with E-state index in [1.165, 1.54) is 5.56 Å². The highest BCUT2D eigenvalue weighted by atomic mass is 16.2. The second-order valence-electron chi connectivity index (χ2n) is 7.09. The van der Waals surface area contributed by atoms with Gasteiger partial charge in [0, 0.05) is 43.3 Å². The number of aryl methyl sites for hydroxylation is 1. The van der Waals surface area contributed by atoms with Gasteiger partial charge in [-0.1, -0.05) is 6.07 Å². The molecule has 0 unspecified atom stereocenters. The molecule has 3 aromatic heterocycles. The molecule has 1 saturated heterocycles. The van der Waals surface area contributed by atoms with E-state index in [4.69, 9.17) is 0 Å². The largest absolute Gasteiger partial charge is 0.338 e. The van der Waals surface area contributed by atoms with Gasteiger partial charge in [0.2, 0.25) is 0 Å². The van der Waals surface area contributed by atoms with Crippen molar-refractivity contribution in [3.8, 4) is 0 Å². The molecule has 1 atom stereocenters. The fraction of sp³-hybridized carbons (Fsp3) is 0.273. The first-order valence-electron chi connectivity index (χ1n) is 9.55. The normalized spacial score (nSPS) is 16.6. The molecule has 6 nitrogen and oxygen atoms in total. The Hall–Kier alpha value is -3.28. The van der Waals surface area contributed by atoms with Crippen LogP contribution in [0.1, 0.15) is 40.4 Å². The molecule has 142 valence electrons. The van der Waals surface area contributed by atoms with Gasteiger partial charge in [0.05, 0.1) is 5.56 Å². The SMILES string of the molecule is Cc1ccc(C(=O)N2CCC[C@H](c3ccnc(Nc4ccccn4)c3)C2)cn1. The summed E-state index contributed by atoms with van der Waals surface area (Å²) in [6.45, 7) is 3.41. The lowest BCUT2D eigenvalue weighted by atomic mass is 9.91. The Morgan fingerprint density at radius 2 is 1.96 bits per heavy atom. The summed E-state index contributed by atoms with van der Waals surface area (Å²) >= 11 is 0. The first-order valence-corrected chi connectivity index (χ1v) is 9.55. The molecule has 0 spiro atoms. The van der Waals surface area contributed by atoms with Crippen molar-refractivity contribution in [1.82, 2.24) is 19.9 Å². The fourth-order valence-corrected chi connectivity index (χ4v) is 3.55. The smallest absolute Gasteiger partial charge is 0.255 e. The molecule has 1 amide bonds. The average molecular weight is 373 g/mol. The van der Waals surface area contributed by atoms with Crippen LogP contribution in [0.4, 0.5) is 11.6 Å². The Labute approximate surface area is 164 Å². The Morgan fingerprint density at radius 3 is 2.75 bits per heavy atom. The first kappa shape index (κ1) is 18.1. The summed E-state index contributed by atoms with van der Waals surface area (Å²) in [6, 6.07) is 13.6. The summed E-state index contributed by atoms with van der Waals surface area (Å²) in [5, 5.41) is 3.24. The standard InChI is InChI=1S/C22H23N5O/c1-16-7-8-18(14-25-16)22(28)27-12-4-5-19(15-27)17-9-11-24-21(13-17)26-20-6-2-3-10-23-20/h2-3,6-11,13-14,19H,4-5,12,15H2,1H3,(H,23,24,26)/t19-/m0/s1. The lowest BCUT2D eigenvalue weighted by Gasteiger charge is -2.33. The van der Waals surface area contributed by atoms with Crippen LogP contribution in [-0.4, -0.2) is 38.8 Å². The van der Waals surface area contributed by atoms with Crippen LogP contribution in [0.2, 0.25) is 0 Å². The quantitative estimate of drug-likeness (QED) is 0.750. The van der Waals surface area contributed by atoms with E-state index >= 15 is 0 Å². The van der Waals surface area contributed by atoms with Crippen molar-refractivity contribution in [2.75, 3.05) is 18.4 Å². The van der Waals surface area contributed by atoms with Gasteiger partial charge in [0.1, 0.15) is 11.6 Å². The van der Waals surface area contributed by atoms with E-state index in [1.54, 1.807) is 12.4 Å². The third-order valence-electron chi connectivity index (χ3n) is 5.04. The molecule has 1 aliphatic heterocycles. The number of likely N-dealkylation sites (tertiary alicyclic amines) is 1. The number of aromatic nitrogens is 3. The highest BCUT2D eigenvalue weighted by Crippen LogP contribution is 2.29. The van der Waals surface area contributed by atoms with Crippen LogP contribution in [0.15, 0.2) is 61.1 Å². The third kappa shape index (κ3) is 4.17. The van der Waals surface area contributed by atoms with Gasteiger partial charge in [0.15, 0.2) is 0 Å². The van der Waals surface area contributed by atoms with Crippen molar-refractivity contribution in [2.24, 2.45) is 0 Å². The number of piperidine rings is 1. The molecule has 4 heterocycles. The lowest BCUT2D eigenvalue weighted by molar-refractivity contribution is 0.0706. The zero-order chi connectivity index (χ0) is 19.3. The monoisotopic (exact) mass is 373 g/mol. The number of carbonyl (C=O) groups excluding carboxylic acids is 1. The molecule has 1 aliphatic rings. The molecular weight excluding hydrogens is 350 g/mol. The summed E-state index contributed by atoms with van der Waals surface area (Å²) in [7, 11) is 0. The van der Waals surface area contributed by atoms with Crippen LogP contribution in [0.5, 0.6) is 0 Å². The minimum Gasteiger partial charge on any atom is -0.338 e. The molecule has 0 radical (unpaired) electrons. The number of pyridine rings is 3. The summed E-state index contributed by atoms with van der Waals surface area (Å²) in [6.07, 6.45) is 7.27. The summed E-state index contributed by atoms with van der Waals surface area (Å²) < 4.78 is 0. The fourth-order valence-electron chi connectivity index (χ4n) is 3.55. The van der Waals surface area contributed by atoms with Crippen LogP contribution in [0.3, 0.4) is 0 Å². The maximum atomic E-state index is 12.8. The van der Waals surface area contributed by atoms with Crippen LogP contribution < -0.4 is 5.32 Å². The molecule has 28 heavy (non-hydrogen) atoms. The predicted molar refractivity (Wildman–Crippen MR) is 109 cm³/mol. The Kier molecular flexibility index (Phi) is 5.28. The number of anilines is 2. The van der Waals surface area contributed by atoms with E-state index in [2.05, 4.69) is 26.3 Å². The summed E-state index contributed by atoms with van der Waals surface area (Å²) in [4.78, 5) is 27.7. The van der Waals surface area contributed by atoms with E-state index in [1.807, 2.05) is 54.4 Å².